The van der Waals surface area contributed by atoms with E-state index < -0.39 is 0 Å². The van der Waals surface area contributed by atoms with Crippen LogP contribution >= 0.6 is 34.7 Å². The lowest BCUT2D eigenvalue weighted by Crippen LogP contribution is -2.29. The Bertz CT molecular complexity index is 868. The van der Waals surface area contributed by atoms with Crippen LogP contribution in [0, 0.1) is 0 Å². The molecule has 0 spiro atoms. The van der Waals surface area contributed by atoms with E-state index in [1.165, 1.54) is 11.3 Å². The summed E-state index contributed by atoms with van der Waals surface area (Å²) in [7, 11) is 1.61. The number of benzene rings is 2. The fourth-order valence-corrected chi connectivity index (χ4v) is 3.93. The molecule has 3 aromatic rings. The number of nitrogens with zero attached hydrogens (tertiary/aromatic N) is 1. The van der Waals surface area contributed by atoms with Crippen LogP contribution in [-0.4, -0.2) is 23.8 Å². The molecule has 1 aromatic heterocycles. The van der Waals surface area contributed by atoms with Crippen molar-refractivity contribution in [1.29, 1.82) is 0 Å². The smallest absolute Gasteiger partial charge is 0.239 e. The average molecular weight is 394 g/mol. The van der Waals surface area contributed by atoms with E-state index in [4.69, 9.17) is 16.3 Å². The molecule has 0 aliphatic heterocycles. The first-order valence-electron chi connectivity index (χ1n) is 7.52. The quantitative estimate of drug-likeness (QED) is 0.454. The summed E-state index contributed by atoms with van der Waals surface area (Å²) < 4.78 is 6.28. The number of hydrogen-bond donors (Lipinski definition) is 2. The van der Waals surface area contributed by atoms with Gasteiger partial charge in [-0.1, -0.05) is 29.0 Å². The number of hydrogen-bond acceptors (Lipinski definition) is 6. The highest BCUT2D eigenvalue weighted by molar-refractivity contribution is 7.99. The lowest BCUT2D eigenvalue weighted by Gasteiger charge is -2.05. The summed E-state index contributed by atoms with van der Waals surface area (Å²) in [5, 5.41) is 1.33. The van der Waals surface area contributed by atoms with E-state index in [2.05, 4.69) is 15.8 Å². The minimum absolute atomic E-state index is 0.0901. The maximum atomic E-state index is 11.9. The Morgan fingerprint density at radius 1 is 1.28 bits per heavy atom. The zero-order chi connectivity index (χ0) is 17.6. The summed E-state index contributed by atoms with van der Waals surface area (Å²) in [5.74, 6) is 1.31. The van der Waals surface area contributed by atoms with Crippen LogP contribution in [0.1, 0.15) is 6.42 Å². The summed E-state index contributed by atoms with van der Waals surface area (Å²) in [6.07, 6.45) is 0.397. The lowest BCUT2D eigenvalue weighted by atomic mass is 10.3. The van der Waals surface area contributed by atoms with Crippen LogP contribution in [0.4, 0.5) is 5.13 Å². The average Bonchev–Trinajstić information content (AvgIpc) is 3.04. The highest BCUT2D eigenvalue weighted by Gasteiger charge is 2.09. The number of ether oxygens (including phenoxy) is 1. The largest absolute Gasteiger partial charge is 0.494 e. The van der Waals surface area contributed by atoms with Crippen LogP contribution in [0.3, 0.4) is 0 Å². The third-order valence-electron chi connectivity index (χ3n) is 3.32. The number of carbonyl (C=O) groups is 1. The van der Waals surface area contributed by atoms with Crippen molar-refractivity contribution >= 4 is 56.0 Å². The molecule has 25 heavy (non-hydrogen) atoms. The number of nitrogens with one attached hydrogen (secondary N) is 2. The Morgan fingerprint density at radius 3 is 2.84 bits per heavy atom. The zero-order valence-electron chi connectivity index (χ0n) is 13.4. The SMILES string of the molecule is COc1cccc2sc(NNC(=O)CCSc3ccc(Cl)cc3)nc12. The molecule has 0 radical (unpaired) electrons. The van der Waals surface area contributed by atoms with Gasteiger partial charge in [-0.05, 0) is 36.4 Å². The maximum Gasteiger partial charge on any atom is 0.239 e. The van der Waals surface area contributed by atoms with Gasteiger partial charge in [-0.25, -0.2) is 4.98 Å². The zero-order valence-corrected chi connectivity index (χ0v) is 15.8. The van der Waals surface area contributed by atoms with Crippen LogP contribution in [-0.2, 0) is 4.79 Å². The number of thioether (sulfide) groups is 1. The van der Waals surface area contributed by atoms with Gasteiger partial charge in [0.05, 0.1) is 11.8 Å². The Labute approximate surface area is 158 Å². The molecule has 0 bridgehead atoms. The monoisotopic (exact) mass is 393 g/mol. The van der Waals surface area contributed by atoms with Gasteiger partial charge in [0.15, 0.2) is 0 Å². The standard InChI is InChI=1S/C17H16ClN3O2S2/c1-23-13-3-2-4-14-16(13)19-17(25-14)21-20-15(22)9-10-24-12-7-5-11(18)6-8-12/h2-8H,9-10H2,1H3,(H,19,21)(H,20,22). The van der Waals surface area contributed by atoms with E-state index in [0.29, 0.717) is 28.1 Å². The molecule has 0 atom stereocenters. The molecular formula is C17H16ClN3O2S2. The maximum absolute atomic E-state index is 11.9. The third-order valence-corrected chi connectivity index (χ3v) is 5.52. The van der Waals surface area contributed by atoms with Gasteiger partial charge in [-0.15, -0.1) is 11.8 Å². The van der Waals surface area contributed by atoms with Crippen molar-refractivity contribution in [2.45, 2.75) is 11.3 Å². The molecule has 1 amide bonds. The van der Waals surface area contributed by atoms with Crippen molar-refractivity contribution in [3.8, 4) is 5.75 Å². The van der Waals surface area contributed by atoms with Gasteiger partial charge in [0.25, 0.3) is 0 Å². The third kappa shape index (κ3) is 4.78. The van der Waals surface area contributed by atoms with Crippen LogP contribution in [0.25, 0.3) is 10.2 Å². The summed E-state index contributed by atoms with van der Waals surface area (Å²) in [6.45, 7) is 0. The number of rotatable bonds is 7. The Kier molecular flexibility index (Phi) is 6.01. The molecule has 5 nitrogen and oxygen atoms in total. The number of anilines is 1. The number of fused-ring (bicyclic) bond motifs is 1. The van der Waals surface area contributed by atoms with Crippen molar-refractivity contribution in [3.05, 3.63) is 47.5 Å². The second-order valence-corrected chi connectivity index (χ2v) is 7.69. The van der Waals surface area contributed by atoms with Gasteiger partial charge in [0, 0.05) is 22.1 Å². The molecule has 1 heterocycles. The normalized spacial score (nSPS) is 10.6. The first kappa shape index (κ1) is 17.8. The molecule has 8 heteroatoms. The van der Waals surface area contributed by atoms with E-state index in [0.717, 1.165) is 15.1 Å². The molecule has 130 valence electrons. The van der Waals surface area contributed by atoms with Gasteiger partial charge in [0.1, 0.15) is 11.3 Å². The van der Waals surface area contributed by atoms with E-state index >= 15 is 0 Å². The summed E-state index contributed by atoms with van der Waals surface area (Å²) in [6, 6.07) is 13.3. The van der Waals surface area contributed by atoms with Crippen LogP contribution in [0.5, 0.6) is 5.75 Å². The molecule has 0 aliphatic rings. The number of aromatic nitrogens is 1. The minimum atomic E-state index is -0.0901. The minimum Gasteiger partial charge on any atom is -0.494 e. The molecule has 0 unspecified atom stereocenters. The number of para-hydroxylation sites is 1. The molecule has 2 aromatic carbocycles. The number of methoxy groups -OCH3 is 1. The molecule has 3 rings (SSSR count). The molecule has 0 saturated heterocycles. The van der Waals surface area contributed by atoms with Gasteiger partial charge in [-0.3, -0.25) is 15.6 Å². The van der Waals surface area contributed by atoms with Crippen LogP contribution in [0.15, 0.2) is 47.4 Å². The number of carbonyl (C=O) groups excluding carboxylic acids is 1. The van der Waals surface area contributed by atoms with Crippen molar-refractivity contribution < 1.29 is 9.53 Å². The molecular weight excluding hydrogens is 378 g/mol. The Balaban J connectivity index is 1.48. The van der Waals surface area contributed by atoms with E-state index in [-0.39, 0.29) is 5.91 Å². The predicted octanol–water partition coefficient (Wildman–Crippen LogP) is 4.58. The highest BCUT2D eigenvalue weighted by atomic mass is 35.5. The molecule has 0 saturated carbocycles. The fraction of sp³-hybridized carbons (Fsp3) is 0.176. The van der Waals surface area contributed by atoms with E-state index in [1.54, 1.807) is 18.9 Å². The lowest BCUT2D eigenvalue weighted by molar-refractivity contribution is -0.120. The number of amides is 1. The number of halogens is 1. The topological polar surface area (TPSA) is 63.2 Å². The van der Waals surface area contributed by atoms with Crippen LogP contribution in [0.2, 0.25) is 5.02 Å². The van der Waals surface area contributed by atoms with Gasteiger partial charge in [-0.2, -0.15) is 0 Å². The van der Waals surface area contributed by atoms with Crippen molar-refractivity contribution in [2.24, 2.45) is 0 Å². The summed E-state index contributed by atoms with van der Waals surface area (Å²) in [5.41, 5.74) is 6.33. The Hall–Kier alpha value is -1.96. The van der Waals surface area contributed by atoms with Gasteiger partial charge in [0.2, 0.25) is 11.0 Å². The highest BCUT2D eigenvalue weighted by Crippen LogP contribution is 2.31. The van der Waals surface area contributed by atoms with Gasteiger partial charge < -0.3 is 4.74 Å². The van der Waals surface area contributed by atoms with Crippen molar-refractivity contribution in [2.75, 3.05) is 18.3 Å². The Morgan fingerprint density at radius 2 is 2.08 bits per heavy atom. The van der Waals surface area contributed by atoms with E-state index in [1.807, 2.05) is 42.5 Å². The second-order valence-electron chi connectivity index (χ2n) is 5.05. The first-order valence-corrected chi connectivity index (χ1v) is 9.70. The second kappa shape index (κ2) is 8.42. The van der Waals surface area contributed by atoms with Crippen molar-refractivity contribution in [1.82, 2.24) is 10.4 Å². The first-order chi connectivity index (χ1) is 12.2. The predicted molar refractivity (Wildman–Crippen MR) is 105 cm³/mol. The summed E-state index contributed by atoms with van der Waals surface area (Å²) >= 11 is 8.92. The van der Waals surface area contributed by atoms with Gasteiger partial charge >= 0.3 is 0 Å². The number of thiazole rings is 1. The molecule has 2 N–H and O–H groups in total. The fourth-order valence-electron chi connectivity index (χ4n) is 2.12. The molecule has 0 fully saturated rings. The van der Waals surface area contributed by atoms with E-state index in [9.17, 15) is 4.79 Å². The van der Waals surface area contributed by atoms with Crippen LogP contribution < -0.4 is 15.6 Å². The van der Waals surface area contributed by atoms with Crippen molar-refractivity contribution in [3.63, 3.8) is 0 Å². The summed E-state index contributed by atoms with van der Waals surface area (Å²) in [4.78, 5) is 17.5. The molecule has 0 aliphatic carbocycles. The number of hydrazine groups is 1.